The number of hydrogen-bond acceptors (Lipinski definition) is 9. The van der Waals surface area contributed by atoms with Crippen molar-refractivity contribution < 1.29 is 13.9 Å². The molecule has 36 heavy (non-hydrogen) atoms. The summed E-state index contributed by atoms with van der Waals surface area (Å²) in [5.74, 6) is 1.93. The molecule has 1 aliphatic rings. The average Bonchev–Trinajstić information content (AvgIpc) is 3.46. The Labute approximate surface area is 205 Å². The van der Waals surface area contributed by atoms with E-state index in [1.165, 1.54) is 6.33 Å². The molecule has 10 nitrogen and oxygen atoms in total. The molecule has 1 fully saturated rings. The molecule has 2 aromatic carbocycles. The number of aromatic nitrogens is 6. The van der Waals surface area contributed by atoms with Gasteiger partial charge in [-0.2, -0.15) is 4.98 Å². The van der Waals surface area contributed by atoms with E-state index in [1.54, 1.807) is 12.5 Å². The number of nitrogens with one attached hydrogen (secondary N) is 2. The van der Waals surface area contributed by atoms with E-state index in [0.29, 0.717) is 29.1 Å². The molecule has 2 atom stereocenters. The number of fused-ring (bicyclic) bond motifs is 2. The van der Waals surface area contributed by atoms with Crippen LogP contribution in [0.15, 0.2) is 55.2 Å². The van der Waals surface area contributed by atoms with E-state index in [-0.39, 0.29) is 12.6 Å². The highest BCUT2D eigenvalue weighted by Gasteiger charge is 2.29. The number of anilines is 2. The Balaban J connectivity index is 1.23. The molecule has 0 saturated carbocycles. The van der Waals surface area contributed by atoms with Crippen LogP contribution >= 0.6 is 0 Å². The van der Waals surface area contributed by atoms with E-state index in [1.807, 2.05) is 54.9 Å². The summed E-state index contributed by atoms with van der Waals surface area (Å²) in [6.45, 7) is 2.63. The van der Waals surface area contributed by atoms with Crippen molar-refractivity contribution >= 4 is 33.6 Å². The van der Waals surface area contributed by atoms with Gasteiger partial charge >= 0.3 is 6.01 Å². The van der Waals surface area contributed by atoms with Gasteiger partial charge in [0.2, 0.25) is 0 Å². The highest BCUT2D eigenvalue weighted by Crippen LogP contribution is 2.31. The van der Waals surface area contributed by atoms with E-state index in [2.05, 4.69) is 35.6 Å². The first-order chi connectivity index (χ1) is 17.5. The number of imidazole rings is 1. The van der Waals surface area contributed by atoms with Gasteiger partial charge < -0.3 is 24.7 Å². The zero-order valence-electron chi connectivity index (χ0n) is 19.6. The minimum absolute atomic E-state index is 0.0847. The molecule has 1 aliphatic heterocycles. The summed E-state index contributed by atoms with van der Waals surface area (Å²) in [5.41, 5.74) is 4.66. The fourth-order valence-electron chi connectivity index (χ4n) is 4.14. The lowest BCUT2D eigenvalue weighted by Gasteiger charge is -2.14. The minimum Gasteiger partial charge on any atom is -0.457 e. The summed E-state index contributed by atoms with van der Waals surface area (Å²) >= 11 is 0. The lowest BCUT2D eigenvalue weighted by molar-refractivity contribution is 0.129. The molecule has 5 aromatic rings. The predicted molar refractivity (Wildman–Crippen MR) is 133 cm³/mol. The molecule has 2 N–H and O–H groups in total. The summed E-state index contributed by atoms with van der Waals surface area (Å²) < 4.78 is 27.7. The Morgan fingerprint density at radius 1 is 1.06 bits per heavy atom. The Kier molecular flexibility index (Phi) is 5.53. The second kappa shape index (κ2) is 9.00. The summed E-state index contributed by atoms with van der Waals surface area (Å²) in [4.78, 5) is 21.6. The first-order valence-electron chi connectivity index (χ1n) is 11.5. The maximum Gasteiger partial charge on any atom is 0.317 e. The molecular formula is C25H23FN8O2. The van der Waals surface area contributed by atoms with Crippen molar-refractivity contribution in [3.8, 4) is 17.5 Å². The Morgan fingerprint density at radius 3 is 2.81 bits per heavy atom. The molecule has 3 aromatic heterocycles. The van der Waals surface area contributed by atoms with E-state index >= 15 is 0 Å². The Hall–Kier alpha value is -4.38. The maximum absolute atomic E-state index is 13.9. The Morgan fingerprint density at radius 2 is 1.97 bits per heavy atom. The molecule has 2 unspecified atom stereocenters. The normalized spacial score (nSPS) is 17.5. The highest BCUT2D eigenvalue weighted by molar-refractivity contribution is 5.86. The second-order valence-electron chi connectivity index (χ2n) is 8.65. The number of rotatable bonds is 6. The number of nitrogens with zero attached hydrogens (tertiary/aromatic N) is 6. The van der Waals surface area contributed by atoms with Crippen LogP contribution in [-0.2, 0) is 7.05 Å². The second-order valence-corrected chi connectivity index (χ2v) is 8.65. The van der Waals surface area contributed by atoms with Gasteiger partial charge in [0.15, 0.2) is 12.0 Å². The zero-order valence-corrected chi connectivity index (χ0v) is 19.6. The number of alkyl halides is 1. The molecule has 0 bridgehead atoms. The molecule has 182 valence electrons. The van der Waals surface area contributed by atoms with Gasteiger partial charge in [-0.3, -0.25) is 0 Å². The summed E-state index contributed by atoms with van der Waals surface area (Å²) in [7, 11) is 1.96. The van der Waals surface area contributed by atoms with Crippen molar-refractivity contribution in [2.75, 3.05) is 18.4 Å². The van der Waals surface area contributed by atoms with Gasteiger partial charge in [-0.25, -0.2) is 24.3 Å². The van der Waals surface area contributed by atoms with Gasteiger partial charge in [-0.05, 0) is 42.8 Å². The predicted octanol–water partition coefficient (Wildman–Crippen LogP) is 3.84. The highest BCUT2D eigenvalue weighted by atomic mass is 19.1. The van der Waals surface area contributed by atoms with Crippen LogP contribution in [0.3, 0.4) is 0 Å². The number of aryl methyl sites for hydroxylation is 2. The van der Waals surface area contributed by atoms with Crippen molar-refractivity contribution in [2.24, 2.45) is 7.05 Å². The number of ether oxygens (including phenoxy) is 2. The fourth-order valence-corrected chi connectivity index (χ4v) is 4.14. The third kappa shape index (κ3) is 4.24. The molecule has 0 spiro atoms. The maximum atomic E-state index is 13.9. The molecule has 0 radical (unpaired) electrons. The Bertz CT molecular complexity index is 1570. The molecule has 0 aliphatic carbocycles. The van der Waals surface area contributed by atoms with Gasteiger partial charge in [0, 0.05) is 31.9 Å². The largest absolute Gasteiger partial charge is 0.457 e. The molecule has 0 amide bonds. The van der Waals surface area contributed by atoms with Crippen molar-refractivity contribution in [1.29, 1.82) is 0 Å². The monoisotopic (exact) mass is 486 g/mol. The number of benzene rings is 2. The van der Waals surface area contributed by atoms with Gasteiger partial charge in [-0.1, -0.05) is 0 Å². The van der Waals surface area contributed by atoms with E-state index < -0.39 is 12.3 Å². The third-order valence-electron chi connectivity index (χ3n) is 6.06. The quantitative estimate of drug-likeness (QED) is 0.370. The molecule has 1 saturated heterocycles. The third-order valence-corrected chi connectivity index (χ3v) is 6.06. The zero-order chi connectivity index (χ0) is 24.6. The van der Waals surface area contributed by atoms with Crippen molar-refractivity contribution in [1.82, 2.24) is 34.8 Å². The topological polar surface area (TPSA) is 112 Å². The van der Waals surface area contributed by atoms with Crippen LogP contribution in [-0.4, -0.2) is 54.9 Å². The van der Waals surface area contributed by atoms with Crippen LogP contribution in [0.25, 0.3) is 22.1 Å². The molecular weight excluding hydrogens is 463 g/mol. The van der Waals surface area contributed by atoms with Crippen molar-refractivity contribution in [3.05, 3.63) is 60.8 Å². The SMILES string of the molecule is Cc1cc(Nc2ncnc3cnc(OC4CNCC4F)nc23)ccc1Oc1ccc2c(c1)ncn2C. The standard InChI is InChI=1S/C25H23FN8O2/c1-14-7-15(3-6-21(14)35-16-4-5-20-18(8-16)31-13-34(20)2)32-24-23-19(29-12-30-24)10-28-25(33-23)36-22-11-27-9-17(22)26/h3-8,10,12-13,17,22,27H,9,11H2,1-2H3,(H,29,30,32). The van der Waals surface area contributed by atoms with E-state index in [9.17, 15) is 4.39 Å². The number of hydrogen-bond donors (Lipinski definition) is 2. The van der Waals surface area contributed by atoms with Gasteiger partial charge in [0.1, 0.15) is 35.0 Å². The van der Waals surface area contributed by atoms with Crippen LogP contribution < -0.4 is 20.1 Å². The van der Waals surface area contributed by atoms with Gasteiger partial charge in [0.25, 0.3) is 0 Å². The molecule has 11 heteroatoms. The van der Waals surface area contributed by atoms with Crippen molar-refractivity contribution in [2.45, 2.75) is 19.2 Å². The summed E-state index contributed by atoms with van der Waals surface area (Å²) in [6.07, 6.45) is 3.02. The lowest BCUT2D eigenvalue weighted by Crippen LogP contribution is -2.27. The fraction of sp³-hybridized carbons (Fsp3) is 0.240. The van der Waals surface area contributed by atoms with Crippen LogP contribution in [0.5, 0.6) is 17.5 Å². The first-order valence-corrected chi connectivity index (χ1v) is 11.5. The van der Waals surface area contributed by atoms with Crippen LogP contribution in [0.2, 0.25) is 0 Å². The van der Waals surface area contributed by atoms with E-state index in [4.69, 9.17) is 9.47 Å². The van der Waals surface area contributed by atoms with Gasteiger partial charge in [0.05, 0.1) is 23.6 Å². The first kappa shape index (κ1) is 22.1. The summed E-state index contributed by atoms with van der Waals surface area (Å²) in [6, 6.07) is 11.7. The van der Waals surface area contributed by atoms with Crippen LogP contribution in [0.4, 0.5) is 15.9 Å². The minimum atomic E-state index is -1.11. The summed E-state index contributed by atoms with van der Waals surface area (Å²) in [5, 5.41) is 6.23. The van der Waals surface area contributed by atoms with E-state index in [0.717, 1.165) is 28.0 Å². The lowest BCUT2D eigenvalue weighted by atomic mass is 10.2. The average molecular weight is 487 g/mol. The number of halogens is 1. The smallest absolute Gasteiger partial charge is 0.317 e. The molecule has 6 rings (SSSR count). The molecule has 4 heterocycles. The van der Waals surface area contributed by atoms with Crippen LogP contribution in [0, 0.1) is 6.92 Å². The van der Waals surface area contributed by atoms with Gasteiger partial charge in [-0.15, -0.1) is 0 Å². The van der Waals surface area contributed by atoms with Crippen molar-refractivity contribution in [3.63, 3.8) is 0 Å². The van der Waals surface area contributed by atoms with Crippen LogP contribution in [0.1, 0.15) is 5.56 Å².